The molecule has 1 heterocycles. The van der Waals surface area contributed by atoms with Crippen LogP contribution in [0.3, 0.4) is 0 Å². The summed E-state index contributed by atoms with van der Waals surface area (Å²) in [5.74, 6) is 2.08. The van der Waals surface area contributed by atoms with Gasteiger partial charge in [-0.15, -0.1) is 0 Å². The molecule has 1 aromatic rings. The fraction of sp³-hybridized carbons (Fsp3) is 0.667. The van der Waals surface area contributed by atoms with Crippen molar-refractivity contribution in [3.8, 4) is 0 Å². The van der Waals surface area contributed by atoms with E-state index in [1.807, 2.05) is 12.1 Å². The zero-order valence-corrected chi connectivity index (χ0v) is 12.2. The molecular formula is C15H26N2O. The monoisotopic (exact) mass is 250 g/mol. The molecule has 0 spiro atoms. The molecule has 0 bridgehead atoms. The van der Waals surface area contributed by atoms with Gasteiger partial charge in [-0.25, -0.2) is 4.98 Å². The van der Waals surface area contributed by atoms with Gasteiger partial charge in [0.25, 0.3) is 0 Å². The zero-order chi connectivity index (χ0) is 13.7. The van der Waals surface area contributed by atoms with Crippen LogP contribution in [0.5, 0.6) is 0 Å². The van der Waals surface area contributed by atoms with E-state index in [1.165, 1.54) is 0 Å². The SMILES string of the molecule is CC(C)CN(CC(C)C)c1ncccc1[C@@H](C)O. The van der Waals surface area contributed by atoms with Gasteiger partial charge in [-0.3, -0.25) is 0 Å². The van der Waals surface area contributed by atoms with E-state index in [4.69, 9.17) is 0 Å². The Kier molecular flexibility index (Phi) is 5.60. The van der Waals surface area contributed by atoms with Gasteiger partial charge in [0.05, 0.1) is 6.10 Å². The lowest BCUT2D eigenvalue weighted by molar-refractivity contribution is 0.199. The number of rotatable bonds is 6. The lowest BCUT2D eigenvalue weighted by Gasteiger charge is -2.29. The van der Waals surface area contributed by atoms with Crippen molar-refractivity contribution in [1.82, 2.24) is 4.98 Å². The third-order valence-corrected chi connectivity index (χ3v) is 2.74. The summed E-state index contributed by atoms with van der Waals surface area (Å²) in [7, 11) is 0. The summed E-state index contributed by atoms with van der Waals surface area (Å²) in [6, 6.07) is 3.84. The number of aliphatic hydroxyl groups is 1. The average molecular weight is 250 g/mol. The minimum atomic E-state index is -0.476. The number of hydrogen-bond donors (Lipinski definition) is 1. The van der Waals surface area contributed by atoms with E-state index in [1.54, 1.807) is 13.1 Å². The number of aliphatic hydroxyl groups excluding tert-OH is 1. The van der Waals surface area contributed by atoms with E-state index >= 15 is 0 Å². The third kappa shape index (κ3) is 4.30. The standard InChI is InChI=1S/C15H26N2O/c1-11(2)9-17(10-12(3)4)15-14(13(5)18)7-6-8-16-15/h6-8,11-13,18H,9-10H2,1-5H3/t13-/m1/s1. The van der Waals surface area contributed by atoms with Gasteiger partial charge in [-0.2, -0.15) is 0 Å². The first kappa shape index (κ1) is 15.0. The molecule has 0 aliphatic rings. The van der Waals surface area contributed by atoms with Crippen LogP contribution < -0.4 is 4.90 Å². The molecule has 0 saturated carbocycles. The van der Waals surface area contributed by atoms with Crippen LogP contribution >= 0.6 is 0 Å². The number of hydrogen-bond acceptors (Lipinski definition) is 3. The van der Waals surface area contributed by atoms with Crippen molar-refractivity contribution in [3.63, 3.8) is 0 Å². The highest BCUT2D eigenvalue weighted by atomic mass is 16.3. The quantitative estimate of drug-likeness (QED) is 0.842. The predicted octanol–water partition coefficient (Wildman–Crippen LogP) is 3.25. The highest BCUT2D eigenvalue weighted by Crippen LogP contribution is 2.25. The summed E-state index contributed by atoms with van der Waals surface area (Å²) >= 11 is 0. The van der Waals surface area contributed by atoms with Crippen molar-refractivity contribution in [2.24, 2.45) is 11.8 Å². The van der Waals surface area contributed by atoms with E-state index in [0.29, 0.717) is 11.8 Å². The van der Waals surface area contributed by atoms with Crippen LogP contribution in [0.2, 0.25) is 0 Å². The maximum absolute atomic E-state index is 9.86. The van der Waals surface area contributed by atoms with Crippen molar-refractivity contribution in [1.29, 1.82) is 0 Å². The Morgan fingerprint density at radius 2 is 1.67 bits per heavy atom. The molecule has 0 aromatic carbocycles. The molecule has 3 heteroatoms. The number of aromatic nitrogens is 1. The molecule has 1 aromatic heterocycles. The highest BCUT2D eigenvalue weighted by Gasteiger charge is 2.17. The zero-order valence-electron chi connectivity index (χ0n) is 12.2. The normalized spacial score (nSPS) is 13.1. The summed E-state index contributed by atoms with van der Waals surface area (Å²) in [4.78, 5) is 6.76. The first-order valence-corrected chi connectivity index (χ1v) is 6.79. The summed E-state index contributed by atoms with van der Waals surface area (Å²) in [6.07, 6.45) is 1.32. The van der Waals surface area contributed by atoms with E-state index in [0.717, 1.165) is 24.5 Å². The molecule has 1 atom stereocenters. The molecular weight excluding hydrogens is 224 g/mol. The highest BCUT2D eigenvalue weighted by molar-refractivity contribution is 5.47. The summed E-state index contributed by atoms with van der Waals surface area (Å²) in [5.41, 5.74) is 0.916. The topological polar surface area (TPSA) is 36.4 Å². The maximum atomic E-state index is 9.86. The number of pyridine rings is 1. The Balaban J connectivity index is 3.03. The van der Waals surface area contributed by atoms with Crippen LogP contribution in [-0.2, 0) is 0 Å². The van der Waals surface area contributed by atoms with Crippen LogP contribution in [-0.4, -0.2) is 23.2 Å². The number of nitrogens with zero attached hydrogens (tertiary/aromatic N) is 2. The molecule has 1 N–H and O–H groups in total. The Labute approximate surface area is 111 Å². The van der Waals surface area contributed by atoms with Gasteiger partial charge in [-0.05, 0) is 24.8 Å². The average Bonchev–Trinajstić information content (AvgIpc) is 2.26. The van der Waals surface area contributed by atoms with Crippen molar-refractivity contribution in [3.05, 3.63) is 23.9 Å². The van der Waals surface area contributed by atoms with E-state index in [-0.39, 0.29) is 0 Å². The van der Waals surface area contributed by atoms with Gasteiger partial charge in [0.2, 0.25) is 0 Å². The Hall–Kier alpha value is -1.09. The van der Waals surface area contributed by atoms with Gasteiger partial charge in [-0.1, -0.05) is 33.8 Å². The molecule has 1 rings (SSSR count). The van der Waals surface area contributed by atoms with Crippen LogP contribution in [0, 0.1) is 11.8 Å². The lowest BCUT2D eigenvalue weighted by Crippen LogP contribution is -2.33. The minimum absolute atomic E-state index is 0.476. The molecule has 0 unspecified atom stereocenters. The Bertz CT molecular complexity index is 351. The molecule has 0 aliphatic carbocycles. The fourth-order valence-electron chi connectivity index (χ4n) is 2.13. The molecule has 18 heavy (non-hydrogen) atoms. The summed E-state index contributed by atoms with van der Waals surface area (Å²) in [5, 5.41) is 9.86. The maximum Gasteiger partial charge on any atom is 0.134 e. The van der Waals surface area contributed by atoms with E-state index < -0.39 is 6.10 Å². The second-order valence-corrected chi connectivity index (χ2v) is 5.78. The molecule has 0 fully saturated rings. The van der Waals surface area contributed by atoms with Crippen molar-refractivity contribution >= 4 is 5.82 Å². The van der Waals surface area contributed by atoms with Crippen LogP contribution in [0.15, 0.2) is 18.3 Å². The van der Waals surface area contributed by atoms with E-state index in [9.17, 15) is 5.11 Å². The molecule has 0 saturated heterocycles. The minimum Gasteiger partial charge on any atom is -0.389 e. The first-order chi connectivity index (χ1) is 8.41. The van der Waals surface area contributed by atoms with Gasteiger partial charge in [0, 0.05) is 24.8 Å². The van der Waals surface area contributed by atoms with Crippen LogP contribution in [0.1, 0.15) is 46.3 Å². The lowest BCUT2D eigenvalue weighted by atomic mass is 10.1. The van der Waals surface area contributed by atoms with Gasteiger partial charge < -0.3 is 10.0 Å². The largest absolute Gasteiger partial charge is 0.389 e. The summed E-state index contributed by atoms with van der Waals surface area (Å²) < 4.78 is 0. The van der Waals surface area contributed by atoms with Gasteiger partial charge in [0.15, 0.2) is 0 Å². The van der Waals surface area contributed by atoms with Gasteiger partial charge in [0.1, 0.15) is 5.82 Å². The third-order valence-electron chi connectivity index (χ3n) is 2.74. The predicted molar refractivity (Wildman–Crippen MR) is 76.8 cm³/mol. The van der Waals surface area contributed by atoms with Crippen LogP contribution in [0.25, 0.3) is 0 Å². The van der Waals surface area contributed by atoms with Crippen molar-refractivity contribution < 1.29 is 5.11 Å². The Morgan fingerprint density at radius 1 is 1.11 bits per heavy atom. The fourth-order valence-corrected chi connectivity index (χ4v) is 2.13. The van der Waals surface area contributed by atoms with Gasteiger partial charge >= 0.3 is 0 Å². The first-order valence-electron chi connectivity index (χ1n) is 6.79. The number of anilines is 1. The Morgan fingerprint density at radius 3 is 2.11 bits per heavy atom. The second-order valence-electron chi connectivity index (χ2n) is 5.78. The molecule has 102 valence electrons. The smallest absolute Gasteiger partial charge is 0.134 e. The van der Waals surface area contributed by atoms with E-state index in [2.05, 4.69) is 37.6 Å². The van der Waals surface area contributed by atoms with Crippen molar-refractivity contribution in [2.75, 3.05) is 18.0 Å². The molecule has 3 nitrogen and oxygen atoms in total. The van der Waals surface area contributed by atoms with Crippen LogP contribution in [0.4, 0.5) is 5.82 Å². The molecule has 0 amide bonds. The molecule has 0 aliphatic heterocycles. The summed E-state index contributed by atoms with van der Waals surface area (Å²) in [6.45, 7) is 12.6. The van der Waals surface area contributed by atoms with Crippen molar-refractivity contribution in [2.45, 2.75) is 40.7 Å². The molecule has 0 radical (unpaired) electrons. The second kappa shape index (κ2) is 6.74.